The predicted molar refractivity (Wildman–Crippen MR) is 153 cm³/mol. The highest BCUT2D eigenvalue weighted by Crippen LogP contribution is 2.64. The normalized spacial score (nSPS) is 32.6. The molecule has 2 fully saturated rings. The van der Waals surface area contributed by atoms with Crippen LogP contribution in [0, 0.1) is 5.41 Å². The van der Waals surface area contributed by atoms with Gasteiger partial charge in [0.2, 0.25) is 5.91 Å². The van der Waals surface area contributed by atoms with Gasteiger partial charge in [0.05, 0.1) is 17.1 Å². The summed E-state index contributed by atoms with van der Waals surface area (Å²) in [6.07, 6.45) is 2.18. The van der Waals surface area contributed by atoms with Crippen molar-refractivity contribution in [3.05, 3.63) is 47.5 Å². The largest absolute Gasteiger partial charge is 0.443 e. The lowest BCUT2D eigenvalue weighted by Crippen LogP contribution is -2.70. The molecule has 0 radical (unpaired) electrons. The van der Waals surface area contributed by atoms with Crippen LogP contribution in [-0.4, -0.2) is 65.4 Å². The Bertz CT molecular complexity index is 963. The van der Waals surface area contributed by atoms with Crippen LogP contribution in [0.15, 0.2) is 42.0 Å². The molecule has 1 aliphatic carbocycles. The molecule has 3 rings (SSSR count). The van der Waals surface area contributed by atoms with E-state index in [1.165, 1.54) is 5.57 Å². The molecule has 7 nitrogen and oxygen atoms in total. The maximum atomic E-state index is 12.4. The average molecular weight is 621 g/mol. The number of thiol groups is 1. The minimum absolute atomic E-state index is 0. The number of imide groups is 1. The van der Waals surface area contributed by atoms with Crippen molar-refractivity contribution < 1.29 is 28.9 Å². The van der Waals surface area contributed by atoms with Crippen LogP contribution in [0.1, 0.15) is 52.0 Å². The summed E-state index contributed by atoms with van der Waals surface area (Å²) in [5.74, 6) is -0.753. The summed E-state index contributed by atoms with van der Waals surface area (Å²) >= 11 is 10.3. The third-order valence-electron chi connectivity index (χ3n) is 7.86. The number of aliphatic hydroxyl groups is 1. The Kier molecular flexibility index (Phi) is 11.5. The Morgan fingerprint density at radius 1 is 1.30 bits per heavy atom. The van der Waals surface area contributed by atoms with Gasteiger partial charge in [0, 0.05) is 12.9 Å². The molecule has 2 aliphatic rings. The number of ether oxygens (including phenoxy) is 3. The van der Waals surface area contributed by atoms with E-state index in [9.17, 15) is 14.7 Å². The number of benzene rings is 1. The number of halogens is 2. The van der Waals surface area contributed by atoms with Crippen molar-refractivity contribution in [3.8, 4) is 0 Å². The average Bonchev–Trinajstić information content (AvgIpc) is 3.53. The lowest BCUT2D eigenvalue weighted by molar-refractivity contribution is -0.231. The van der Waals surface area contributed by atoms with Crippen LogP contribution >= 0.6 is 41.2 Å². The Labute approximate surface area is 240 Å². The first-order valence-corrected chi connectivity index (χ1v) is 13.5. The summed E-state index contributed by atoms with van der Waals surface area (Å²) in [6, 6.07) is 10.0. The molecule has 2 amide bonds. The molecule has 1 aliphatic heterocycles. The van der Waals surface area contributed by atoms with Crippen LogP contribution in [0.5, 0.6) is 0 Å². The van der Waals surface area contributed by atoms with Gasteiger partial charge >= 0.3 is 6.09 Å². The summed E-state index contributed by atoms with van der Waals surface area (Å²) in [4.78, 5) is 24.0. The number of aryl methyl sites for hydroxylation is 1. The first kappa shape index (κ1) is 32.1. The Morgan fingerprint density at radius 3 is 2.54 bits per heavy atom. The first-order valence-electron chi connectivity index (χ1n) is 12.3. The standard InChI is InChI=1S/C27H38ClNO6S.BrH/c1-18(2)10-11-21-25(3,35-21)27(17-36)23(33-4)20(34-24(31)29-22(30)16-28)13-15-26(27,32)14-12-19-8-6-5-7-9-19;/h5-10,20-21,23,32,36H,11-17H2,1-4H3,(H,29,30,31);1H. The maximum Gasteiger partial charge on any atom is 0.414 e. The van der Waals surface area contributed by atoms with Gasteiger partial charge in [0.1, 0.15) is 23.7 Å². The minimum Gasteiger partial charge on any atom is -0.443 e. The smallest absolute Gasteiger partial charge is 0.414 e. The summed E-state index contributed by atoms with van der Waals surface area (Å²) in [7, 11) is 1.54. The highest BCUT2D eigenvalue weighted by molar-refractivity contribution is 8.93. The number of rotatable bonds is 10. The number of carbonyl (C=O) groups excluding carboxylic acids is 2. The SMILES string of the molecule is Br.COC1C(OC(=O)NC(=O)CCl)CCC(O)(CCc2ccccc2)C1(CS)C1(C)OC1CC=C(C)C. The highest BCUT2D eigenvalue weighted by Gasteiger charge is 2.76. The molecular weight excluding hydrogens is 582 g/mol. The van der Waals surface area contributed by atoms with Gasteiger partial charge in [-0.25, -0.2) is 4.79 Å². The Morgan fingerprint density at radius 2 is 1.97 bits per heavy atom. The molecule has 6 unspecified atom stereocenters. The van der Waals surface area contributed by atoms with Gasteiger partial charge < -0.3 is 19.3 Å². The van der Waals surface area contributed by atoms with E-state index in [1.807, 2.05) is 51.1 Å². The summed E-state index contributed by atoms with van der Waals surface area (Å²) in [6.45, 7) is 6.06. The maximum absolute atomic E-state index is 12.4. The number of carbonyl (C=O) groups is 2. The number of epoxide rings is 1. The molecule has 0 spiro atoms. The quantitative estimate of drug-likeness (QED) is 0.147. The topological polar surface area (TPSA) is 97.4 Å². The van der Waals surface area contributed by atoms with Crippen molar-refractivity contribution in [2.45, 2.75) is 82.4 Å². The van der Waals surface area contributed by atoms with Crippen molar-refractivity contribution in [2.75, 3.05) is 18.7 Å². The zero-order valence-corrected chi connectivity index (χ0v) is 25.2. The van der Waals surface area contributed by atoms with Gasteiger partial charge in [-0.15, -0.1) is 28.6 Å². The number of alkyl carbamates (subject to hydrolysis) is 1. The Balaban J connectivity index is 0.00000481. The van der Waals surface area contributed by atoms with Crippen molar-refractivity contribution in [2.24, 2.45) is 5.41 Å². The highest BCUT2D eigenvalue weighted by atomic mass is 79.9. The van der Waals surface area contributed by atoms with Gasteiger partial charge in [-0.1, -0.05) is 42.0 Å². The number of alkyl halides is 1. The lowest BCUT2D eigenvalue weighted by Gasteiger charge is -2.58. The molecule has 2 N–H and O–H groups in total. The molecular formula is C27H39BrClNO6S. The number of hydrogen-bond acceptors (Lipinski definition) is 7. The van der Waals surface area contributed by atoms with E-state index in [0.717, 1.165) is 5.56 Å². The van der Waals surface area contributed by atoms with Gasteiger partial charge in [0.25, 0.3) is 0 Å². The summed E-state index contributed by atoms with van der Waals surface area (Å²) < 4.78 is 18.0. The fraction of sp³-hybridized carbons (Fsp3) is 0.630. The molecule has 1 aromatic rings. The zero-order valence-electron chi connectivity index (χ0n) is 21.9. The zero-order chi connectivity index (χ0) is 26.6. The molecule has 1 heterocycles. The second kappa shape index (κ2) is 13.3. The van der Waals surface area contributed by atoms with Gasteiger partial charge in [0.15, 0.2) is 0 Å². The molecule has 0 bridgehead atoms. The van der Waals surface area contributed by atoms with Crippen molar-refractivity contribution in [1.29, 1.82) is 0 Å². The number of amides is 2. The van der Waals surface area contributed by atoms with E-state index in [2.05, 4.69) is 11.4 Å². The molecule has 0 aromatic heterocycles. The monoisotopic (exact) mass is 619 g/mol. The number of methoxy groups -OCH3 is 1. The second-order valence-electron chi connectivity index (χ2n) is 10.2. The number of hydrogen-bond donors (Lipinski definition) is 3. The summed E-state index contributed by atoms with van der Waals surface area (Å²) in [5.41, 5.74) is -0.666. The Hall–Kier alpha value is -1.10. The molecule has 37 heavy (non-hydrogen) atoms. The first-order chi connectivity index (χ1) is 17.1. The molecule has 10 heteroatoms. The summed E-state index contributed by atoms with van der Waals surface area (Å²) in [5, 5.41) is 14.5. The molecule has 6 atom stereocenters. The van der Waals surface area contributed by atoms with Crippen molar-refractivity contribution in [3.63, 3.8) is 0 Å². The van der Waals surface area contributed by atoms with Crippen LogP contribution in [0.2, 0.25) is 0 Å². The van der Waals surface area contributed by atoms with Crippen molar-refractivity contribution in [1.82, 2.24) is 5.32 Å². The van der Waals surface area contributed by atoms with E-state index in [1.54, 1.807) is 7.11 Å². The van der Waals surface area contributed by atoms with Crippen LogP contribution in [0.4, 0.5) is 4.79 Å². The molecule has 1 saturated heterocycles. The van der Waals surface area contributed by atoms with E-state index >= 15 is 0 Å². The van der Waals surface area contributed by atoms with Crippen LogP contribution in [0.3, 0.4) is 0 Å². The van der Waals surface area contributed by atoms with E-state index in [-0.39, 0.29) is 34.7 Å². The minimum atomic E-state index is -1.21. The van der Waals surface area contributed by atoms with E-state index in [0.29, 0.717) is 32.1 Å². The molecule has 208 valence electrons. The van der Waals surface area contributed by atoms with Crippen LogP contribution in [-0.2, 0) is 25.4 Å². The van der Waals surface area contributed by atoms with Gasteiger partial charge in [-0.3, -0.25) is 10.1 Å². The number of nitrogens with one attached hydrogen (secondary N) is 1. The van der Waals surface area contributed by atoms with Crippen LogP contribution < -0.4 is 5.32 Å². The third kappa shape index (κ3) is 6.56. The molecule has 1 aromatic carbocycles. The second-order valence-corrected chi connectivity index (χ2v) is 10.8. The molecule has 1 saturated carbocycles. The van der Waals surface area contributed by atoms with Gasteiger partial charge in [-0.2, -0.15) is 12.6 Å². The van der Waals surface area contributed by atoms with Crippen LogP contribution in [0.25, 0.3) is 0 Å². The van der Waals surface area contributed by atoms with E-state index < -0.39 is 40.8 Å². The fourth-order valence-corrected chi connectivity index (χ4v) is 6.73. The third-order valence-corrected chi connectivity index (χ3v) is 8.60. The number of allylic oxidation sites excluding steroid dienone is 1. The van der Waals surface area contributed by atoms with Gasteiger partial charge in [-0.05, 0) is 58.4 Å². The van der Waals surface area contributed by atoms with Crippen molar-refractivity contribution >= 4 is 53.2 Å². The fourth-order valence-electron chi connectivity index (χ4n) is 5.88. The lowest BCUT2D eigenvalue weighted by atomic mass is 9.53. The predicted octanol–water partition coefficient (Wildman–Crippen LogP) is 5.03. The van der Waals surface area contributed by atoms with E-state index in [4.69, 9.17) is 38.4 Å².